The third-order valence-electron chi connectivity index (χ3n) is 2.42. The van der Waals surface area contributed by atoms with Crippen molar-refractivity contribution in [3.05, 3.63) is 0 Å². The van der Waals surface area contributed by atoms with E-state index in [2.05, 4.69) is 20.4 Å². The van der Waals surface area contributed by atoms with Crippen LogP contribution in [0.15, 0.2) is 0 Å². The van der Waals surface area contributed by atoms with Gasteiger partial charge >= 0.3 is 12.1 Å². The molecule has 1 fully saturated rings. The molecule has 8 heteroatoms. The normalized spacial score (nSPS) is 18.0. The molecule has 0 aromatic carbocycles. The number of nitrogens with two attached hydrogens (primary N) is 2. The minimum absolute atomic E-state index is 0.465. The van der Waals surface area contributed by atoms with Gasteiger partial charge in [0.25, 0.3) is 0 Å². The Morgan fingerprint density at radius 3 is 1.44 bits per heavy atom. The maximum absolute atomic E-state index is 10.5. The summed E-state index contributed by atoms with van der Waals surface area (Å²) in [6, 6.07) is -1.03. The van der Waals surface area contributed by atoms with Gasteiger partial charge in [-0.25, -0.2) is 9.59 Å². The first-order valence-corrected chi connectivity index (χ1v) is 5.09. The summed E-state index contributed by atoms with van der Waals surface area (Å²) in [6.07, 6.45) is 0. The van der Waals surface area contributed by atoms with E-state index in [4.69, 9.17) is 11.5 Å². The van der Waals surface area contributed by atoms with Gasteiger partial charge in [0.05, 0.1) is 13.3 Å². The monoisotopic (exact) mass is 230 g/mol. The highest BCUT2D eigenvalue weighted by molar-refractivity contribution is 5.71. The number of amides is 4. The summed E-state index contributed by atoms with van der Waals surface area (Å²) in [5.74, 6) is 0. The molecular weight excluding hydrogens is 212 g/mol. The van der Waals surface area contributed by atoms with E-state index < -0.39 is 12.1 Å². The summed E-state index contributed by atoms with van der Waals surface area (Å²) < 4.78 is 0. The average molecular weight is 230 g/mol. The highest BCUT2D eigenvalue weighted by Gasteiger charge is 2.16. The lowest BCUT2D eigenvalue weighted by Gasteiger charge is -2.34. The van der Waals surface area contributed by atoms with Gasteiger partial charge in [0.2, 0.25) is 0 Å². The molecule has 0 saturated carbocycles. The Morgan fingerprint density at radius 2 is 1.19 bits per heavy atom. The molecule has 16 heavy (non-hydrogen) atoms. The van der Waals surface area contributed by atoms with Crippen molar-refractivity contribution in [1.29, 1.82) is 0 Å². The molecule has 8 nitrogen and oxygen atoms in total. The molecule has 0 radical (unpaired) electrons. The topological polar surface area (TPSA) is 117 Å². The van der Waals surface area contributed by atoms with Crippen LogP contribution in [0.25, 0.3) is 0 Å². The van der Waals surface area contributed by atoms with Crippen molar-refractivity contribution in [2.24, 2.45) is 11.5 Å². The largest absolute Gasteiger partial charge is 0.352 e. The predicted molar refractivity (Wildman–Crippen MR) is 58.3 cm³/mol. The predicted octanol–water partition coefficient (Wildman–Crippen LogP) is -2.14. The minimum atomic E-state index is -0.516. The summed E-state index contributed by atoms with van der Waals surface area (Å²) >= 11 is 0. The molecular formula is C8H18N6O2. The number of carbonyl (C=O) groups excluding carboxylic acids is 2. The number of nitrogens with zero attached hydrogens (tertiary/aromatic N) is 2. The van der Waals surface area contributed by atoms with Gasteiger partial charge in [0, 0.05) is 26.2 Å². The molecule has 1 aliphatic heterocycles. The average Bonchev–Trinajstić information content (AvgIpc) is 2.25. The van der Waals surface area contributed by atoms with Crippen molar-refractivity contribution in [2.75, 3.05) is 39.5 Å². The maximum Gasteiger partial charge on any atom is 0.313 e. The van der Waals surface area contributed by atoms with E-state index in [1.165, 1.54) is 0 Å². The Labute approximate surface area is 93.9 Å². The lowest BCUT2D eigenvalue weighted by atomic mass is 10.3. The van der Waals surface area contributed by atoms with Crippen molar-refractivity contribution < 1.29 is 9.59 Å². The van der Waals surface area contributed by atoms with Gasteiger partial charge in [-0.3, -0.25) is 9.80 Å². The Hall–Kier alpha value is -1.54. The first-order chi connectivity index (χ1) is 7.58. The molecule has 1 aliphatic rings. The van der Waals surface area contributed by atoms with Gasteiger partial charge in [-0.1, -0.05) is 0 Å². The summed E-state index contributed by atoms with van der Waals surface area (Å²) in [5.41, 5.74) is 9.94. The SMILES string of the molecule is NC(=O)NCN1CCN(CNC(N)=O)CC1. The molecule has 4 amide bonds. The lowest BCUT2D eigenvalue weighted by molar-refractivity contribution is 0.122. The fraction of sp³-hybridized carbons (Fsp3) is 0.750. The first kappa shape index (κ1) is 12.5. The second-order valence-corrected chi connectivity index (χ2v) is 3.63. The standard InChI is InChI=1S/C8H18N6O2/c9-7(15)11-5-13-1-2-14(4-3-13)6-12-8(10)16/h1-6H2,(H3,9,11,15)(H3,10,12,16). The highest BCUT2D eigenvalue weighted by atomic mass is 16.2. The number of urea groups is 2. The summed E-state index contributed by atoms with van der Waals surface area (Å²) in [6.45, 7) is 4.21. The van der Waals surface area contributed by atoms with Crippen LogP contribution in [0.4, 0.5) is 9.59 Å². The number of carbonyl (C=O) groups is 2. The van der Waals surface area contributed by atoms with Crippen molar-refractivity contribution in [2.45, 2.75) is 0 Å². The van der Waals surface area contributed by atoms with Crippen LogP contribution in [0.1, 0.15) is 0 Å². The molecule has 1 heterocycles. The quantitative estimate of drug-likeness (QED) is 0.440. The van der Waals surface area contributed by atoms with E-state index in [1.807, 2.05) is 0 Å². The fourth-order valence-electron chi connectivity index (χ4n) is 1.48. The van der Waals surface area contributed by atoms with Crippen LogP contribution < -0.4 is 22.1 Å². The molecule has 92 valence electrons. The fourth-order valence-corrected chi connectivity index (χ4v) is 1.48. The second kappa shape index (κ2) is 6.13. The minimum Gasteiger partial charge on any atom is -0.352 e. The summed E-state index contributed by atoms with van der Waals surface area (Å²) in [7, 11) is 0. The van der Waals surface area contributed by atoms with Crippen LogP contribution in [0, 0.1) is 0 Å². The third-order valence-corrected chi connectivity index (χ3v) is 2.42. The molecule has 0 aromatic rings. The zero-order valence-electron chi connectivity index (χ0n) is 9.11. The Kier molecular flexibility index (Phi) is 4.80. The number of rotatable bonds is 4. The van der Waals surface area contributed by atoms with Crippen LogP contribution in [-0.4, -0.2) is 61.4 Å². The third kappa shape index (κ3) is 4.80. The highest BCUT2D eigenvalue weighted by Crippen LogP contribution is 1.98. The van der Waals surface area contributed by atoms with Gasteiger partial charge < -0.3 is 22.1 Å². The number of primary amides is 2. The van der Waals surface area contributed by atoms with Crippen molar-refractivity contribution in [3.63, 3.8) is 0 Å². The molecule has 0 unspecified atom stereocenters. The second-order valence-electron chi connectivity index (χ2n) is 3.63. The summed E-state index contributed by atoms with van der Waals surface area (Å²) in [4.78, 5) is 25.1. The van der Waals surface area contributed by atoms with Crippen LogP contribution >= 0.6 is 0 Å². The number of piperazine rings is 1. The molecule has 0 aromatic heterocycles. The lowest BCUT2D eigenvalue weighted by Crippen LogP contribution is -2.53. The van der Waals surface area contributed by atoms with E-state index in [0.717, 1.165) is 26.2 Å². The van der Waals surface area contributed by atoms with Crippen molar-refractivity contribution in [3.8, 4) is 0 Å². The number of nitrogens with one attached hydrogen (secondary N) is 2. The molecule has 0 atom stereocenters. The molecule has 6 N–H and O–H groups in total. The van der Waals surface area contributed by atoms with E-state index in [0.29, 0.717) is 13.3 Å². The zero-order valence-corrected chi connectivity index (χ0v) is 9.11. The molecule has 0 aliphatic carbocycles. The molecule has 0 spiro atoms. The van der Waals surface area contributed by atoms with Gasteiger partial charge in [-0.2, -0.15) is 0 Å². The number of hydrogen-bond acceptors (Lipinski definition) is 4. The van der Waals surface area contributed by atoms with E-state index in [1.54, 1.807) is 0 Å². The van der Waals surface area contributed by atoms with Gasteiger partial charge in [0.15, 0.2) is 0 Å². The van der Waals surface area contributed by atoms with Crippen LogP contribution in [0.2, 0.25) is 0 Å². The smallest absolute Gasteiger partial charge is 0.313 e. The van der Waals surface area contributed by atoms with Crippen LogP contribution in [-0.2, 0) is 0 Å². The Balaban J connectivity index is 2.13. The van der Waals surface area contributed by atoms with Crippen LogP contribution in [0.5, 0.6) is 0 Å². The van der Waals surface area contributed by atoms with Crippen molar-refractivity contribution >= 4 is 12.1 Å². The van der Waals surface area contributed by atoms with Gasteiger partial charge in [-0.05, 0) is 0 Å². The molecule has 1 rings (SSSR count). The van der Waals surface area contributed by atoms with Crippen molar-refractivity contribution in [1.82, 2.24) is 20.4 Å². The Morgan fingerprint density at radius 1 is 0.875 bits per heavy atom. The van der Waals surface area contributed by atoms with Crippen LogP contribution in [0.3, 0.4) is 0 Å². The maximum atomic E-state index is 10.5. The number of hydrogen-bond donors (Lipinski definition) is 4. The summed E-state index contributed by atoms with van der Waals surface area (Å²) in [5, 5.41) is 5.07. The molecule has 1 saturated heterocycles. The zero-order chi connectivity index (χ0) is 12.0. The Bertz CT molecular complexity index is 225. The van der Waals surface area contributed by atoms with Gasteiger partial charge in [-0.15, -0.1) is 0 Å². The first-order valence-electron chi connectivity index (χ1n) is 5.09. The molecule has 0 bridgehead atoms. The van der Waals surface area contributed by atoms with E-state index in [9.17, 15) is 9.59 Å². The van der Waals surface area contributed by atoms with Gasteiger partial charge in [0.1, 0.15) is 0 Å². The van der Waals surface area contributed by atoms with E-state index >= 15 is 0 Å². The van der Waals surface area contributed by atoms with E-state index in [-0.39, 0.29) is 0 Å².